The molecule has 1 aromatic rings. The SMILES string of the molecule is CC(C)(C)C(=O)c1cc(S)n(S)c1. The van der Waals surface area contributed by atoms with Crippen LogP contribution in [0.5, 0.6) is 0 Å². The molecule has 72 valence electrons. The van der Waals surface area contributed by atoms with Gasteiger partial charge in [-0.1, -0.05) is 33.6 Å². The topological polar surface area (TPSA) is 22.0 Å². The lowest BCUT2D eigenvalue weighted by molar-refractivity contribution is 0.0858. The average Bonchev–Trinajstić information content (AvgIpc) is 2.29. The molecule has 0 atom stereocenters. The number of aromatic nitrogens is 1. The Morgan fingerprint density at radius 2 is 2.00 bits per heavy atom. The molecule has 0 fully saturated rings. The van der Waals surface area contributed by atoms with Crippen LogP contribution in [-0.2, 0) is 0 Å². The van der Waals surface area contributed by atoms with Gasteiger partial charge in [0.1, 0.15) is 0 Å². The lowest BCUT2D eigenvalue weighted by Gasteiger charge is -2.14. The van der Waals surface area contributed by atoms with Crippen LogP contribution in [0, 0.1) is 5.41 Å². The third-order valence-corrected chi connectivity index (χ3v) is 2.56. The lowest BCUT2D eigenvalue weighted by atomic mass is 9.88. The fraction of sp³-hybridized carbons (Fsp3) is 0.444. The Hall–Kier alpha value is -0.350. The Bertz CT molecular complexity index is 316. The van der Waals surface area contributed by atoms with Crippen molar-refractivity contribution in [3.63, 3.8) is 0 Å². The van der Waals surface area contributed by atoms with Gasteiger partial charge in [0.05, 0.1) is 5.03 Å². The van der Waals surface area contributed by atoms with Crippen LogP contribution in [0.1, 0.15) is 31.1 Å². The molecular weight excluding hydrogens is 202 g/mol. The number of hydrogen-bond donors (Lipinski definition) is 2. The minimum absolute atomic E-state index is 0.107. The highest BCUT2D eigenvalue weighted by Gasteiger charge is 2.23. The van der Waals surface area contributed by atoms with E-state index in [2.05, 4.69) is 25.4 Å². The molecule has 0 bridgehead atoms. The number of Topliss-reactive ketones (excluding diaryl/α,β-unsaturated/α-hetero) is 1. The summed E-state index contributed by atoms with van der Waals surface area (Å²) in [4.78, 5) is 11.8. The molecule has 0 spiro atoms. The van der Waals surface area contributed by atoms with Crippen LogP contribution in [-0.4, -0.2) is 9.76 Å². The summed E-state index contributed by atoms with van der Waals surface area (Å²) in [6.45, 7) is 5.68. The Kier molecular flexibility index (Phi) is 2.82. The predicted molar refractivity (Wildman–Crippen MR) is 59.9 cm³/mol. The van der Waals surface area contributed by atoms with Crippen molar-refractivity contribution in [3.8, 4) is 0 Å². The van der Waals surface area contributed by atoms with Gasteiger partial charge < -0.3 is 0 Å². The van der Waals surface area contributed by atoms with Gasteiger partial charge >= 0.3 is 0 Å². The van der Waals surface area contributed by atoms with Gasteiger partial charge in [-0.15, -0.1) is 12.6 Å². The number of nitrogens with zero attached hydrogens (tertiary/aromatic N) is 1. The van der Waals surface area contributed by atoms with E-state index in [1.165, 1.54) is 3.97 Å². The predicted octanol–water partition coefficient (Wildman–Crippen LogP) is 2.70. The van der Waals surface area contributed by atoms with Crippen molar-refractivity contribution in [1.82, 2.24) is 3.97 Å². The van der Waals surface area contributed by atoms with E-state index in [9.17, 15) is 4.79 Å². The van der Waals surface area contributed by atoms with Gasteiger partial charge in [-0.25, -0.2) is 0 Å². The number of thiol groups is 2. The quantitative estimate of drug-likeness (QED) is 0.545. The van der Waals surface area contributed by atoms with E-state index in [1.807, 2.05) is 20.8 Å². The molecule has 0 N–H and O–H groups in total. The van der Waals surface area contributed by atoms with Gasteiger partial charge in [0.2, 0.25) is 0 Å². The summed E-state index contributed by atoms with van der Waals surface area (Å²) in [5.74, 6) is 0.107. The zero-order valence-corrected chi connectivity index (χ0v) is 9.69. The highest BCUT2D eigenvalue weighted by atomic mass is 32.1. The van der Waals surface area contributed by atoms with E-state index < -0.39 is 0 Å². The molecule has 1 rings (SSSR count). The second-order valence-electron chi connectivity index (χ2n) is 4.01. The third kappa shape index (κ3) is 2.31. The highest BCUT2D eigenvalue weighted by Crippen LogP contribution is 2.23. The van der Waals surface area contributed by atoms with Crippen LogP contribution >= 0.6 is 25.4 Å². The fourth-order valence-corrected chi connectivity index (χ4v) is 1.38. The first kappa shape index (κ1) is 10.7. The molecule has 0 aliphatic carbocycles. The van der Waals surface area contributed by atoms with Gasteiger partial charge in [0, 0.05) is 17.2 Å². The summed E-state index contributed by atoms with van der Waals surface area (Å²) in [6, 6.07) is 1.73. The minimum atomic E-state index is -0.352. The standard InChI is InChI=1S/C9H13NOS2/c1-9(2,3)8(11)6-4-7(12)10(13)5-6/h4-5,12-13H,1-3H3. The summed E-state index contributed by atoms with van der Waals surface area (Å²) in [7, 11) is 0. The van der Waals surface area contributed by atoms with E-state index in [-0.39, 0.29) is 11.2 Å². The lowest BCUT2D eigenvalue weighted by Crippen LogP contribution is -2.19. The largest absolute Gasteiger partial charge is 0.294 e. The molecule has 0 radical (unpaired) electrons. The molecule has 4 heteroatoms. The summed E-state index contributed by atoms with van der Waals surface area (Å²) in [6.07, 6.45) is 1.68. The molecular formula is C9H13NOS2. The first-order valence-electron chi connectivity index (χ1n) is 3.98. The zero-order valence-electron chi connectivity index (χ0n) is 7.90. The molecule has 0 saturated carbocycles. The molecule has 1 heterocycles. The maximum atomic E-state index is 11.8. The number of carbonyl (C=O) groups is 1. The van der Waals surface area contributed by atoms with Gasteiger partial charge in [0.15, 0.2) is 5.78 Å². The van der Waals surface area contributed by atoms with Gasteiger partial charge in [0.25, 0.3) is 0 Å². The number of hydrogen-bond acceptors (Lipinski definition) is 3. The number of rotatable bonds is 1. The zero-order chi connectivity index (χ0) is 10.2. The monoisotopic (exact) mass is 215 g/mol. The van der Waals surface area contributed by atoms with Crippen LogP contribution in [0.2, 0.25) is 0 Å². The van der Waals surface area contributed by atoms with Crippen LogP contribution in [0.4, 0.5) is 0 Å². The molecule has 0 amide bonds. The van der Waals surface area contributed by atoms with Crippen molar-refractivity contribution >= 4 is 31.2 Å². The van der Waals surface area contributed by atoms with Gasteiger partial charge in [-0.3, -0.25) is 8.77 Å². The number of carbonyl (C=O) groups excluding carboxylic acids is 1. The van der Waals surface area contributed by atoms with E-state index >= 15 is 0 Å². The Labute approximate surface area is 89.3 Å². The van der Waals surface area contributed by atoms with E-state index in [4.69, 9.17) is 0 Å². The Balaban J connectivity index is 3.03. The fourth-order valence-electron chi connectivity index (χ4n) is 0.998. The molecule has 0 aromatic carbocycles. The van der Waals surface area contributed by atoms with Crippen molar-refractivity contribution in [2.75, 3.05) is 0 Å². The van der Waals surface area contributed by atoms with Crippen molar-refractivity contribution in [2.45, 2.75) is 25.8 Å². The van der Waals surface area contributed by atoms with Gasteiger partial charge in [-0.2, -0.15) is 0 Å². The minimum Gasteiger partial charge on any atom is -0.294 e. The van der Waals surface area contributed by atoms with Crippen molar-refractivity contribution in [2.24, 2.45) is 5.41 Å². The normalized spacial score (nSPS) is 11.8. The highest BCUT2D eigenvalue weighted by molar-refractivity contribution is 7.82. The van der Waals surface area contributed by atoms with Crippen LogP contribution < -0.4 is 0 Å². The molecule has 13 heavy (non-hydrogen) atoms. The average molecular weight is 215 g/mol. The Morgan fingerprint density at radius 3 is 2.31 bits per heavy atom. The van der Waals surface area contributed by atoms with Crippen molar-refractivity contribution < 1.29 is 4.79 Å². The second kappa shape index (κ2) is 3.42. The molecule has 0 aliphatic rings. The molecule has 0 aliphatic heterocycles. The van der Waals surface area contributed by atoms with Crippen molar-refractivity contribution in [1.29, 1.82) is 0 Å². The molecule has 1 aromatic heterocycles. The summed E-state index contributed by atoms with van der Waals surface area (Å²) < 4.78 is 1.53. The number of ketones is 1. The molecule has 0 saturated heterocycles. The molecule has 0 unspecified atom stereocenters. The van der Waals surface area contributed by atoms with Gasteiger partial charge in [-0.05, 0) is 6.07 Å². The Morgan fingerprint density at radius 1 is 1.46 bits per heavy atom. The van der Waals surface area contributed by atoms with Crippen molar-refractivity contribution in [3.05, 3.63) is 17.8 Å². The van der Waals surface area contributed by atoms with E-state index in [0.29, 0.717) is 10.6 Å². The van der Waals surface area contributed by atoms with Crippen LogP contribution in [0.15, 0.2) is 17.3 Å². The maximum absolute atomic E-state index is 11.8. The van der Waals surface area contributed by atoms with Crippen LogP contribution in [0.3, 0.4) is 0 Å². The summed E-state index contributed by atoms with van der Waals surface area (Å²) in [5.41, 5.74) is 0.308. The second-order valence-corrected chi connectivity index (χ2v) is 4.90. The maximum Gasteiger partial charge on any atom is 0.169 e. The molecule has 2 nitrogen and oxygen atoms in total. The third-order valence-electron chi connectivity index (χ3n) is 1.72. The van der Waals surface area contributed by atoms with E-state index in [1.54, 1.807) is 12.3 Å². The smallest absolute Gasteiger partial charge is 0.169 e. The first-order valence-corrected chi connectivity index (χ1v) is 4.82. The first-order chi connectivity index (χ1) is 5.82. The summed E-state index contributed by atoms with van der Waals surface area (Å²) in [5, 5.41) is 0.677. The van der Waals surface area contributed by atoms with Crippen LogP contribution in [0.25, 0.3) is 0 Å². The van der Waals surface area contributed by atoms with E-state index in [0.717, 1.165) is 0 Å². The summed E-state index contributed by atoms with van der Waals surface area (Å²) >= 11 is 8.24.